The second-order valence-electron chi connectivity index (χ2n) is 5.89. The molecule has 2 saturated heterocycles. The molecule has 0 aromatic rings. The minimum absolute atomic E-state index is 0.114. The molecule has 0 saturated carbocycles. The van der Waals surface area contributed by atoms with Crippen molar-refractivity contribution in [2.75, 3.05) is 26.4 Å². The third-order valence-corrected chi connectivity index (χ3v) is 4.29. The van der Waals surface area contributed by atoms with E-state index in [4.69, 9.17) is 24.4 Å². The van der Waals surface area contributed by atoms with Crippen LogP contribution in [-0.2, 0) is 14.2 Å². The molecule has 6 atom stereocenters. The van der Waals surface area contributed by atoms with E-state index < -0.39 is 36.0 Å². The van der Waals surface area contributed by atoms with Crippen LogP contribution >= 0.6 is 0 Å². The monoisotopic (exact) mass is 338 g/mol. The zero-order valence-corrected chi connectivity index (χ0v) is 12.9. The molecule has 0 amide bonds. The summed E-state index contributed by atoms with van der Waals surface area (Å²) >= 11 is 0. The maximum atomic E-state index is 10.3. The number of aliphatic hydroxyl groups is 6. The lowest BCUT2D eigenvalue weighted by Crippen LogP contribution is -2.47. The molecule has 0 bridgehead atoms. The summed E-state index contributed by atoms with van der Waals surface area (Å²) in [5, 5.41) is 56.8. The molecule has 9 heteroatoms. The molecule has 0 radical (unpaired) electrons. The largest absolute Gasteiger partial charge is 0.396 e. The molecular weight excluding hydrogens is 312 g/mol. The normalized spacial score (nSPS) is 38.3. The van der Waals surface area contributed by atoms with E-state index in [0.717, 1.165) is 0 Å². The third kappa shape index (κ3) is 3.68. The van der Waals surface area contributed by atoms with Gasteiger partial charge in [0.05, 0.1) is 13.2 Å². The van der Waals surface area contributed by atoms with Crippen molar-refractivity contribution in [3.8, 4) is 0 Å². The van der Waals surface area contributed by atoms with Crippen molar-refractivity contribution in [2.24, 2.45) is 0 Å². The van der Waals surface area contributed by atoms with E-state index in [1.807, 2.05) is 0 Å². The van der Waals surface area contributed by atoms with Gasteiger partial charge in [-0.1, -0.05) is 0 Å². The topological polar surface area (TPSA) is 156 Å². The van der Waals surface area contributed by atoms with E-state index in [0.29, 0.717) is 12.8 Å². The molecular formula is C14H26O9. The fourth-order valence-electron chi connectivity index (χ4n) is 2.83. The first kappa shape index (κ1) is 19.0. The Hall–Kier alpha value is -0.360. The van der Waals surface area contributed by atoms with Crippen molar-refractivity contribution in [2.45, 2.75) is 61.7 Å². The summed E-state index contributed by atoms with van der Waals surface area (Å²) in [5.41, 5.74) is 0. The van der Waals surface area contributed by atoms with Gasteiger partial charge in [-0.15, -0.1) is 0 Å². The Kier molecular flexibility index (Phi) is 6.34. The number of hydrogen-bond donors (Lipinski definition) is 6. The number of epoxide rings is 2. The average Bonchev–Trinajstić information content (AvgIpc) is 3.45. The molecule has 2 rings (SSSR count). The van der Waals surface area contributed by atoms with Crippen LogP contribution in [0.4, 0.5) is 0 Å². The van der Waals surface area contributed by atoms with E-state index in [1.54, 1.807) is 0 Å². The smallest absolute Gasteiger partial charge is 0.227 e. The van der Waals surface area contributed by atoms with Gasteiger partial charge in [-0.2, -0.15) is 0 Å². The van der Waals surface area contributed by atoms with Crippen molar-refractivity contribution in [3.63, 3.8) is 0 Å². The van der Waals surface area contributed by atoms with Gasteiger partial charge in [0.15, 0.2) is 0 Å². The van der Waals surface area contributed by atoms with E-state index in [-0.39, 0.29) is 39.3 Å². The average molecular weight is 338 g/mol. The van der Waals surface area contributed by atoms with Crippen LogP contribution in [0, 0.1) is 0 Å². The molecule has 6 N–H and O–H groups in total. The molecule has 2 fully saturated rings. The van der Waals surface area contributed by atoms with Crippen molar-refractivity contribution in [1.29, 1.82) is 0 Å². The van der Waals surface area contributed by atoms with Crippen LogP contribution in [0.25, 0.3) is 0 Å². The molecule has 0 aliphatic carbocycles. The minimum atomic E-state index is -1.53. The van der Waals surface area contributed by atoms with E-state index in [1.165, 1.54) is 0 Å². The minimum Gasteiger partial charge on any atom is -0.396 e. The van der Waals surface area contributed by atoms with Gasteiger partial charge in [0.1, 0.15) is 24.4 Å². The highest BCUT2D eigenvalue weighted by Crippen LogP contribution is 2.52. The lowest BCUT2D eigenvalue weighted by molar-refractivity contribution is -0.226. The zero-order chi connectivity index (χ0) is 17.1. The van der Waals surface area contributed by atoms with Gasteiger partial charge < -0.3 is 44.8 Å². The van der Waals surface area contributed by atoms with Crippen LogP contribution in [0.1, 0.15) is 25.7 Å². The molecule has 136 valence electrons. The molecule has 23 heavy (non-hydrogen) atoms. The lowest BCUT2D eigenvalue weighted by Gasteiger charge is -2.27. The fraction of sp³-hybridized carbons (Fsp3) is 1.00. The molecule has 2 aliphatic heterocycles. The Bertz CT molecular complexity index is 347. The first-order valence-corrected chi connectivity index (χ1v) is 7.86. The summed E-state index contributed by atoms with van der Waals surface area (Å²) in [6.07, 6.45) is -2.81. The van der Waals surface area contributed by atoms with E-state index >= 15 is 0 Å². The van der Waals surface area contributed by atoms with Gasteiger partial charge in [0, 0.05) is 13.2 Å². The van der Waals surface area contributed by atoms with Gasteiger partial charge >= 0.3 is 0 Å². The highest BCUT2D eigenvalue weighted by atomic mass is 16.9. The second kappa shape index (κ2) is 7.68. The summed E-state index contributed by atoms with van der Waals surface area (Å²) in [7, 11) is 0. The van der Waals surface area contributed by atoms with Crippen molar-refractivity contribution in [1.82, 2.24) is 0 Å². The Morgan fingerprint density at radius 3 is 1.43 bits per heavy atom. The summed E-state index contributed by atoms with van der Waals surface area (Å²) in [6.45, 7) is -1.00. The van der Waals surface area contributed by atoms with Gasteiger partial charge in [0.25, 0.3) is 0 Å². The van der Waals surface area contributed by atoms with Crippen molar-refractivity contribution < 1.29 is 44.8 Å². The van der Waals surface area contributed by atoms with Crippen molar-refractivity contribution in [3.05, 3.63) is 0 Å². The van der Waals surface area contributed by atoms with Gasteiger partial charge in [-0.25, -0.2) is 0 Å². The van der Waals surface area contributed by atoms with Gasteiger partial charge in [-0.3, -0.25) is 0 Å². The SMILES string of the molecule is OCCCC(O)C1(OC2(C(O)CCCO)OC2CO)OC1CO. The molecule has 2 heterocycles. The Labute approximate surface area is 134 Å². The predicted octanol–water partition coefficient (Wildman–Crippen LogP) is -2.56. The van der Waals surface area contributed by atoms with Crippen LogP contribution in [0.15, 0.2) is 0 Å². The van der Waals surface area contributed by atoms with E-state index in [2.05, 4.69) is 0 Å². The lowest BCUT2D eigenvalue weighted by atomic mass is 10.0. The number of aliphatic hydroxyl groups excluding tert-OH is 6. The first-order valence-electron chi connectivity index (χ1n) is 7.86. The van der Waals surface area contributed by atoms with Crippen LogP contribution < -0.4 is 0 Å². The number of rotatable bonds is 12. The van der Waals surface area contributed by atoms with Gasteiger partial charge in [0.2, 0.25) is 11.6 Å². The Morgan fingerprint density at radius 2 is 1.17 bits per heavy atom. The van der Waals surface area contributed by atoms with Crippen LogP contribution in [0.2, 0.25) is 0 Å². The summed E-state index contributed by atoms with van der Waals surface area (Å²) in [4.78, 5) is 0. The molecule has 9 nitrogen and oxygen atoms in total. The van der Waals surface area contributed by atoms with Crippen LogP contribution in [0.3, 0.4) is 0 Å². The fourth-order valence-corrected chi connectivity index (χ4v) is 2.83. The van der Waals surface area contributed by atoms with Gasteiger partial charge in [-0.05, 0) is 25.7 Å². The summed E-state index contributed by atoms with van der Waals surface area (Å²) < 4.78 is 16.4. The summed E-state index contributed by atoms with van der Waals surface area (Å²) in [5.74, 6) is -3.07. The maximum Gasteiger partial charge on any atom is 0.227 e. The number of ether oxygens (including phenoxy) is 3. The maximum absolute atomic E-state index is 10.3. The van der Waals surface area contributed by atoms with Crippen LogP contribution in [-0.4, -0.2) is 93.1 Å². The quantitative estimate of drug-likeness (QED) is 0.211. The number of hydrogen-bond acceptors (Lipinski definition) is 9. The standard InChI is InChI=1S/C14H26O9/c15-5-1-3-9(19)13(11(7-17)21-13)23-14(12(8-18)22-14)10(20)4-2-6-16/h9-12,15-20H,1-8H2. The molecule has 0 aromatic carbocycles. The second-order valence-corrected chi connectivity index (χ2v) is 5.89. The van der Waals surface area contributed by atoms with E-state index in [9.17, 15) is 20.4 Å². The molecule has 0 aromatic heterocycles. The summed E-state index contributed by atoms with van der Waals surface area (Å²) in [6, 6.07) is 0. The molecule has 0 spiro atoms. The highest BCUT2D eigenvalue weighted by Gasteiger charge is 2.73. The van der Waals surface area contributed by atoms with Crippen molar-refractivity contribution >= 4 is 0 Å². The molecule has 6 unspecified atom stereocenters. The first-order chi connectivity index (χ1) is 11.0. The zero-order valence-electron chi connectivity index (χ0n) is 12.9. The Morgan fingerprint density at radius 1 is 0.783 bits per heavy atom. The highest BCUT2D eigenvalue weighted by molar-refractivity contribution is 5.08. The molecule has 2 aliphatic rings. The Balaban J connectivity index is 2.08. The van der Waals surface area contributed by atoms with Crippen LogP contribution in [0.5, 0.6) is 0 Å². The predicted molar refractivity (Wildman–Crippen MR) is 75.1 cm³/mol. The third-order valence-electron chi connectivity index (χ3n) is 4.29.